The predicted octanol–water partition coefficient (Wildman–Crippen LogP) is -19.0. The van der Waals surface area contributed by atoms with Crippen LogP contribution in [0, 0.1) is 5.92 Å². The molecule has 0 aromatic heterocycles. The highest BCUT2D eigenvalue weighted by molar-refractivity contribution is 5.02. The van der Waals surface area contributed by atoms with Crippen molar-refractivity contribution in [1.29, 1.82) is 0 Å². The van der Waals surface area contributed by atoms with E-state index in [4.69, 9.17) is 90.8 Å². The fraction of sp³-hybridized carbons (Fsp3) is 1.00. The molecule has 0 radical (unpaired) electrons. The molecular formula is C57H97N3O46. The fourth-order valence-electron chi connectivity index (χ4n) is 13.3. The van der Waals surface area contributed by atoms with Crippen LogP contribution < -0.4 is 0 Å². The van der Waals surface area contributed by atoms with Crippen molar-refractivity contribution in [3.05, 3.63) is 10.4 Å². The molecule has 616 valence electrons. The lowest BCUT2D eigenvalue weighted by Crippen LogP contribution is -2.68. The van der Waals surface area contributed by atoms with E-state index in [2.05, 4.69) is 10.0 Å². The van der Waals surface area contributed by atoms with Gasteiger partial charge in [0.2, 0.25) is 0 Å². The van der Waals surface area contributed by atoms with E-state index in [0.717, 1.165) is 0 Å². The third kappa shape index (κ3) is 18.8. The summed E-state index contributed by atoms with van der Waals surface area (Å²) in [6.45, 7) is -11.6. The number of aliphatic hydroxyl groups excluding tert-OH is 28. The first kappa shape index (κ1) is 87.4. The smallest absolute Gasteiger partial charge is 0.187 e. The summed E-state index contributed by atoms with van der Waals surface area (Å²) in [6.07, 6.45) is -91.6. The van der Waals surface area contributed by atoms with E-state index >= 15 is 0 Å². The van der Waals surface area contributed by atoms with E-state index in [9.17, 15) is 143 Å². The summed E-state index contributed by atoms with van der Waals surface area (Å²) >= 11 is 0. The molecular weight excluding hydrogens is 1460 g/mol. The van der Waals surface area contributed by atoms with E-state index < -0.39 is 355 Å². The average Bonchev–Trinajstić information content (AvgIpc) is 0.776. The van der Waals surface area contributed by atoms with Crippen LogP contribution >= 0.6 is 0 Å². The Balaban J connectivity index is 1.03. The van der Waals surface area contributed by atoms with Crippen LogP contribution in [0.25, 0.3) is 10.4 Å². The van der Waals surface area contributed by atoms with Crippen LogP contribution in [0.3, 0.4) is 0 Å². The van der Waals surface area contributed by atoms with Gasteiger partial charge in [0.1, 0.15) is 208 Å². The molecule has 0 bridgehead atoms. The van der Waals surface area contributed by atoms with E-state index in [1.807, 2.05) is 0 Å². The first-order valence-electron chi connectivity index (χ1n) is 33.6. The van der Waals surface area contributed by atoms with Crippen LogP contribution in [0.5, 0.6) is 0 Å². The lowest BCUT2D eigenvalue weighted by molar-refractivity contribution is -0.405. The summed E-state index contributed by atoms with van der Waals surface area (Å²) in [7, 11) is 0. The van der Waals surface area contributed by atoms with Gasteiger partial charge in [0.25, 0.3) is 0 Å². The van der Waals surface area contributed by atoms with Crippen LogP contribution in [0.1, 0.15) is 0 Å². The quantitative estimate of drug-likeness (QED) is 0.0137. The number of hydrogen-bond donors (Lipinski definition) is 28. The molecule has 106 heavy (non-hydrogen) atoms. The monoisotopic (exact) mass is 1560 g/mol. The predicted molar refractivity (Wildman–Crippen MR) is 319 cm³/mol. The molecule has 0 aromatic carbocycles. The second-order valence-electron chi connectivity index (χ2n) is 26.4. The molecule has 9 aliphatic rings. The molecule has 28 N–H and O–H groups in total. The van der Waals surface area contributed by atoms with E-state index in [1.54, 1.807) is 0 Å². The van der Waals surface area contributed by atoms with Crippen molar-refractivity contribution in [2.24, 2.45) is 11.0 Å². The van der Waals surface area contributed by atoms with Gasteiger partial charge >= 0.3 is 0 Å². The summed E-state index contributed by atoms with van der Waals surface area (Å²) in [6, 6.07) is 0. The molecule has 49 heteroatoms. The molecule has 45 atom stereocenters. The Bertz CT molecular complexity index is 2680. The van der Waals surface area contributed by atoms with Crippen LogP contribution in [0.15, 0.2) is 5.11 Å². The molecule has 9 heterocycles. The summed E-state index contributed by atoms with van der Waals surface area (Å²) < 4.78 is 105. The lowest BCUT2D eigenvalue weighted by Gasteiger charge is -2.50. The number of rotatable bonds is 30. The van der Waals surface area contributed by atoms with Crippen molar-refractivity contribution in [1.82, 2.24) is 0 Å². The lowest BCUT2D eigenvalue weighted by atomic mass is 9.91. The molecule has 0 saturated carbocycles. The van der Waals surface area contributed by atoms with Gasteiger partial charge in [0.05, 0.1) is 84.7 Å². The van der Waals surface area contributed by atoms with Crippen molar-refractivity contribution in [3.8, 4) is 0 Å². The minimum Gasteiger partial charge on any atom is -0.396 e. The fourth-order valence-corrected chi connectivity index (χ4v) is 13.3. The van der Waals surface area contributed by atoms with Gasteiger partial charge in [-0.15, -0.1) is 0 Å². The van der Waals surface area contributed by atoms with Crippen molar-refractivity contribution in [2.75, 3.05) is 79.2 Å². The van der Waals surface area contributed by atoms with Crippen LogP contribution in [0.4, 0.5) is 0 Å². The Morgan fingerprint density at radius 3 is 0.849 bits per heavy atom. The molecule has 0 aliphatic carbocycles. The number of hydrogen-bond acceptors (Lipinski definition) is 47. The first-order valence-corrected chi connectivity index (χ1v) is 33.6. The Hall–Kier alpha value is -2.53. The number of azide groups is 1. The van der Waals surface area contributed by atoms with Gasteiger partial charge in [-0.25, -0.2) is 0 Å². The third-order valence-corrected chi connectivity index (χ3v) is 19.6. The maximum Gasteiger partial charge on any atom is 0.187 e. The second kappa shape index (κ2) is 39.0. The zero-order valence-electron chi connectivity index (χ0n) is 55.7. The van der Waals surface area contributed by atoms with Gasteiger partial charge in [-0.05, 0) is 5.53 Å². The van der Waals surface area contributed by atoms with Gasteiger partial charge in [-0.3, -0.25) is 0 Å². The Morgan fingerprint density at radius 2 is 0.500 bits per heavy atom. The van der Waals surface area contributed by atoms with Gasteiger partial charge in [0, 0.05) is 11.5 Å². The Labute approximate surface area is 598 Å². The van der Waals surface area contributed by atoms with E-state index in [0.29, 0.717) is 0 Å². The summed E-state index contributed by atoms with van der Waals surface area (Å²) in [5.74, 6) is -1.61. The largest absolute Gasteiger partial charge is 0.396 e. The molecule has 0 aromatic rings. The molecule has 9 aliphatic heterocycles. The molecule has 9 fully saturated rings. The van der Waals surface area contributed by atoms with Gasteiger partial charge in [0.15, 0.2) is 56.6 Å². The minimum atomic E-state index is -2.45. The minimum absolute atomic E-state index is 0.469. The molecule has 9 saturated heterocycles. The highest BCUT2D eigenvalue weighted by atomic mass is 16.8. The standard InChI is InChI=1S/C57H97N3O46/c58-60-59-1-2-89-50-41(87)43(101-56-48(38(84)30(76)19(9-67)97-56)106-57-47(37(83)29(75)20(10-68)98-57)105-53-40(86)34(80)26(72)16(6-64)94-53)31(77)21(99-50)11-90-51-42(88)44(102-55-46(36(82)28(74)18(8-66)96-55)103-49-13(3-61)23(69)24(70)14(4-62)92-49)32(78)22(100-51)12-91-54-45(35(81)27(73)17(7-65)95-54)104-52-39(85)33(79)25(71)15(5-63)93-52/h13-57,61-88H,1-12H2/t13?,14-,15?,16-,17?,18-,19-,20-,21?,22?,23?,24+,25+,26+,27+,28+,29+,30+,31+,32+,33-,34?,35-,36?,37?,38?,39?,40?,41?,42?,43-,44-,45?,46?,47?,48?,49+,50+,51-,52+,53+,54-,55+,56+,57+/m0/s1. The number of ether oxygens (including phenoxy) is 18. The molecule has 49 nitrogen and oxygen atoms in total. The van der Waals surface area contributed by atoms with Crippen molar-refractivity contribution < 1.29 is 228 Å². The second-order valence-corrected chi connectivity index (χ2v) is 26.4. The van der Waals surface area contributed by atoms with Crippen LogP contribution in [-0.2, 0) is 85.3 Å². The molecule has 0 spiro atoms. The highest BCUT2D eigenvalue weighted by Crippen LogP contribution is 2.40. The maximum atomic E-state index is 12.4. The van der Waals surface area contributed by atoms with Gasteiger partial charge < -0.3 is 228 Å². The third-order valence-electron chi connectivity index (χ3n) is 19.6. The summed E-state index contributed by atoms with van der Waals surface area (Å²) in [4.78, 5) is 2.62. The van der Waals surface area contributed by atoms with E-state index in [1.165, 1.54) is 0 Å². The van der Waals surface area contributed by atoms with E-state index in [-0.39, 0.29) is 0 Å². The molecule has 0 amide bonds. The van der Waals surface area contributed by atoms with Crippen molar-refractivity contribution in [3.63, 3.8) is 0 Å². The van der Waals surface area contributed by atoms with Crippen LogP contribution in [0.2, 0.25) is 0 Å². The Kier molecular flexibility index (Phi) is 32.2. The van der Waals surface area contributed by atoms with Gasteiger partial charge in [-0.1, -0.05) is 5.11 Å². The average molecular weight is 1560 g/mol. The molecule has 18 unspecified atom stereocenters. The van der Waals surface area contributed by atoms with Crippen molar-refractivity contribution >= 4 is 0 Å². The topological polar surface area (TPSA) is 781 Å². The number of aliphatic hydroxyl groups is 28. The normalized spacial score (nSPS) is 51.2. The molecule has 9 rings (SSSR count). The summed E-state index contributed by atoms with van der Waals surface area (Å²) in [5.41, 5.74) is 9.03. The van der Waals surface area contributed by atoms with Crippen LogP contribution in [-0.4, -0.2) is 492 Å². The Morgan fingerprint density at radius 1 is 0.236 bits per heavy atom. The maximum absolute atomic E-state index is 12.4. The van der Waals surface area contributed by atoms with Gasteiger partial charge in [-0.2, -0.15) is 0 Å². The zero-order chi connectivity index (χ0) is 77.6. The first-order chi connectivity index (χ1) is 50.5. The zero-order valence-corrected chi connectivity index (χ0v) is 55.7. The number of nitrogens with zero attached hydrogens (tertiary/aromatic N) is 3. The summed E-state index contributed by atoms with van der Waals surface area (Å²) in [5, 5.41) is 309. The highest BCUT2D eigenvalue weighted by Gasteiger charge is 2.60. The SMILES string of the molecule is [N-]=[N+]=NCCO[C@@H]1OC(CO[C@H]2OC(CO[C@H]3OC(CO)[C@@H](O)[C@H](O)C3O[C@H]3OC(CO)[C@@H](O)[C@H](O)C3O)[C@@H](O)[C@H](O[C@H]3O[C@@H](CO)[C@@H](O)C(O)C3O[C@H]3O[C@@H](CO)[C@@H](O)C(O)C3CO)C2O)[C@@H](O)[C@H](O[C@H]2O[C@@H](CO)[C@@H](O)C(O)C2O[C@H]2O[C@@H](CO)[C@@H](O)C(O)C2O[C@H]2O[C@@H](CO)[C@@H](O)C(O)C2O)C1O. The van der Waals surface area contributed by atoms with Crippen molar-refractivity contribution in [2.45, 2.75) is 270 Å².